The maximum Gasteiger partial charge on any atom is 0.322 e. The Labute approximate surface area is 184 Å². The number of amides is 1. The number of carbonyl (C=O) groups excluding carboxylic acids is 2. The van der Waals surface area contributed by atoms with Crippen molar-refractivity contribution in [3.05, 3.63) is 60.2 Å². The molecule has 166 valence electrons. The number of esters is 1. The molecule has 0 saturated heterocycles. The first kappa shape index (κ1) is 22.6. The molecule has 32 heavy (non-hydrogen) atoms. The first-order valence-corrected chi connectivity index (χ1v) is 9.82. The van der Waals surface area contributed by atoms with Crippen LogP contribution < -0.4 is 10.1 Å². The van der Waals surface area contributed by atoms with Crippen molar-refractivity contribution in [2.24, 2.45) is 5.41 Å². The van der Waals surface area contributed by atoms with Crippen molar-refractivity contribution in [3.8, 4) is 17.1 Å². The Morgan fingerprint density at radius 2 is 1.72 bits per heavy atom. The number of ether oxygens (including phenoxy) is 1. The number of rotatable bonds is 7. The van der Waals surface area contributed by atoms with Gasteiger partial charge in [-0.05, 0) is 55.8 Å². The summed E-state index contributed by atoms with van der Waals surface area (Å²) in [6.07, 6.45) is 0. The smallest absolute Gasteiger partial charge is 0.322 e. The van der Waals surface area contributed by atoms with Crippen LogP contribution in [-0.2, 0) is 14.4 Å². The minimum absolute atomic E-state index is 0.255. The van der Waals surface area contributed by atoms with E-state index in [9.17, 15) is 14.4 Å². The zero-order valence-electron chi connectivity index (χ0n) is 17.8. The van der Waals surface area contributed by atoms with Crippen LogP contribution in [0.1, 0.15) is 32.4 Å². The van der Waals surface area contributed by atoms with E-state index in [0.29, 0.717) is 16.9 Å². The summed E-state index contributed by atoms with van der Waals surface area (Å²) in [6, 6.07) is 14.3. The number of hydrogen-bond acceptors (Lipinski definition) is 7. The molecule has 0 radical (unpaired) electrons. The van der Waals surface area contributed by atoms with E-state index < -0.39 is 29.9 Å². The molecule has 2 aromatic carbocycles. The molecule has 10 heteroatoms. The molecule has 1 atom stereocenters. The highest BCUT2D eigenvalue weighted by Gasteiger charge is 2.26. The van der Waals surface area contributed by atoms with Crippen molar-refractivity contribution < 1.29 is 24.2 Å². The van der Waals surface area contributed by atoms with Gasteiger partial charge in [0.1, 0.15) is 12.3 Å². The van der Waals surface area contributed by atoms with Gasteiger partial charge in [-0.2, -0.15) is 0 Å². The van der Waals surface area contributed by atoms with Crippen molar-refractivity contribution in [1.29, 1.82) is 0 Å². The van der Waals surface area contributed by atoms with Gasteiger partial charge in [0.25, 0.3) is 5.91 Å². The summed E-state index contributed by atoms with van der Waals surface area (Å²) in [5.41, 5.74) is 0.546. The molecular formula is C22H23N5O5. The molecule has 0 aliphatic rings. The fourth-order valence-corrected chi connectivity index (χ4v) is 2.67. The van der Waals surface area contributed by atoms with Crippen molar-refractivity contribution in [3.63, 3.8) is 0 Å². The number of nitrogens with one attached hydrogen (secondary N) is 1. The zero-order chi connectivity index (χ0) is 23.3. The fraction of sp³-hybridized carbons (Fsp3) is 0.273. The van der Waals surface area contributed by atoms with Crippen molar-refractivity contribution in [2.45, 2.75) is 26.8 Å². The number of hydrogen-bond donors (Lipinski definition) is 2. The molecular weight excluding hydrogens is 414 g/mol. The number of benzene rings is 2. The summed E-state index contributed by atoms with van der Waals surface area (Å²) in [6.45, 7) is 4.77. The summed E-state index contributed by atoms with van der Waals surface area (Å²) in [4.78, 5) is 36.7. The van der Waals surface area contributed by atoms with E-state index in [2.05, 4.69) is 20.7 Å². The normalized spacial score (nSPS) is 12.1. The van der Waals surface area contributed by atoms with E-state index in [1.807, 2.05) is 0 Å². The van der Waals surface area contributed by atoms with Crippen LogP contribution in [0.15, 0.2) is 54.6 Å². The number of tetrazole rings is 1. The molecule has 3 rings (SSSR count). The Morgan fingerprint density at radius 1 is 1.06 bits per heavy atom. The van der Waals surface area contributed by atoms with Gasteiger partial charge < -0.3 is 15.2 Å². The van der Waals surface area contributed by atoms with Gasteiger partial charge in [0.2, 0.25) is 5.82 Å². The highest BCUT2D eigenvalue weighted by atomic mass is 16.5. The summed E-state index contributed by atoms with van der Waals surface area (Å²) >= 11 is 0. The van der Waals surface area contributed by atoms with Crippen molar-refractivity contribution in [2.75, 3.05) is 6.54 Å². The number of nitrogens with zero attached hydrogens (tertiary/aromatic N) is 4. The second kappa shape index (κ2) is 9.38. The molecule has 0 saturated carbocycles. The van der Waals surface area contributed by atoms with Gasteiger partial charge in [-0.3, -0.25) is 14.4 Å². The molecule has 1 aromatic heterocycles. The van der Waals surface area contributed by atoms with Crippen LogP contribution in [0.2, 0.25) is 0 Å². The molecule has 0 spiro atoms. The minimum atomic E-state index is -1.16. The van der Waals surface area contributed by atoms with E-state index in [1.165, 1.54) is 0 Å². The molecule has 1 heterocycles. The van der Waals surface area contributed by atoms with Crippen LogP contribution in [0.3, 0.4) is 0 Å². The maximum absolute atomic E-state index is 12.7. The lowest BCUT2D eigenvalue weighted by atomic mass is 9.97. The van der Waals surface area contributed by atoms with E-state index in [4.69, 9.17) is 9.84 Å². The topological polar surface area (TPSA) is 136 Å². The summed E-state index contributed by atoms with van der Waals surface area (Å²) in [5.74, 6) is -1.45. The number of carbonyl (C=O) groups is 3. The summed E-state index contributed by atoms with van der Waals surface area (Å²) in [7, 11) is 0. The molecule has 0 fully saturated rings. The predicted molar refractivity (Wildman–Crippen MR) is 114 cm³/mol. The van der Waals surface area contributed by atoms with Crippen LogP contribution in [-0.4, -0.2) is 49.7 Å². The lowest BCUT2D eigenvalue weighted by Gasteiger charge is -2.16. The fourth-order valence-electron chi connectivity index (χ4n) is 2.67. The quantitative estimate of drug-likeness (QED) is 0.423. The lowest BCUT2D eigenvalue weighted by molar-refractivity contribution is -0.143. The van der Waals surface area contributed by atoms with Crippen LogP contribution in [0.4, 0.5) is 0 Å². The molecule has 0 aliphatic carbocycles. The average Bonchev–Trinajstić information content (AvgIpc) is 3.22. The van der Waals surface area contributed by atoms with Gasteiger partial charge in [0.05, 0.1) is 5.41 Å². The number of carboxylic acid groups (broad SMARTS) is 1. The number of aliphatic carboxylic acids is 1. The van der Waals surface area contributed by atoms with E-state index in [-0.39, 0.29) is 11.8 Å². The monoisotopic (exact) mass is 437 g/mol. The summed E-state index contributed by atoms with van der Waals surface area (Å²) < 4.78 is 5.35. The Morgan fingerprint density at radius 3 is 2.31 bits per heavy atom. The SMILES string of the molecule is CC(C)(C)C(=O)Oc1ccc(-c2nnn(C(C(=O)NCC(=O)O)c3ccccc3)n2)cc1. The molecule has 10 nitrogen and oxygen atoms in total. The minimum Gasteiger partial charge on any atom is -0.480 e. The van der Waals surface area contributed by atoms with Gasteiger partial charge in [0, 0.05) is 5.56 Å². The summed E-state index contributed by atoms with van der Waals surface area (Å²) in [5, 5.41) is 23.5. The van der Waals surface area contributed by atoms with Gasteiger partial charge in [-0.25, -0.2) is 0 Å². The van der Waals surface area contributed by atoms with Crippen molar-refractivity contribution >= 4 is 17.8 Å². The predicted octanol–water partition coefficient (Wildman–Crippen LogP) is 2.08. The van der Waals surface area contributed by atoms with Gasteiger partial charge in [0.15, 0.2) is 6.04 Å². The molecule has 1 unspecified atom stereocenters. The Kier molecular flexibility index (Phi) is 6.62. The van der Waals surface area contributed by atoms with Gasteiger partial charge in [-0.15, -0.1) is 15.0 Å². The Hall–Kier alpha value is -4.08. The maximum atomic E-state index is 12.7. The van der Waals surface area contributed by atoms with Gasteiger partial charge in [-0.1, -0.05) is 30.3 Å². The van der Waals surface area contributed by atoms with Crippen LogP contribution in [0.25, 0.3) is 11.4 Å². The van der Waals surface area contributed by atoms with Crippen LogP contribution in [0.5, 0.6) is 5.75 Å². The number of aromatic nitrogens is 4. The largest absolute Gasteiger partial charge is 0.480 e. The average molecular weight is 437 g/mol. The second-order valence-corrected chi connectivity index (χ2v) is 8.02. The second-order valence-electron chi connectivity index (χ2n) is 8.02. The van der Waals surface area contributed by atoms with Crippen LogP contribution >= 0.6 is 0 Å². The van der Waals surface area contributed by atoms with Crippen molar-refractivity contribution in [1.82, 2.24) is 25.5 Å². The molecule has 0 bridgehead atoms. The Balaban J connectivity index is 1.83. The lowest BCUT2D eigenvalue weighted by Crippen LogP contribution is -2.37. The van der Waals surface area contributed by atoms with Crippen LogP contribution in [0, 0.1) is 5.41 Å². The number of carboxylic acids is 1. The first-order chi connectivity index (χ1) is 15.1. The Bertz CT molecular complexity index is 1100. The third-order valence-corrected chi connectivity index (χ3v) is 4.37. The standard InChI is InChI=1S/C22H23N5O5/c1-22(2,3)21(31)32-16-11-9-15(10-12-16)19-24-26-27(25-19)18(14-7-5-4-6-8-14)20(30)23-13-17(28)29/h4-12,18H,13H2,1-3H3,(H,23,30)(H,28,29). The molecule has 2 N–H and O–H groups in total. The molecule has 3 aromatic rings. The van der Waals surface area contributed by atoms with E-state index in [1.54, 1.807) is 75.4 Å². The van der Waals surface area contributed by atoms with E-state index in [0.717, 1.165) is 4.80 Å². The third-order valence-electron chi connectivity index (χ3n) is 4.37. The molecule has 0 aliphatic heterocycles. The zero-order valence-corrected chi connectivity index (χ0v) is 17.8. The molecule has 1 amide bonds. The highest BCUT2D eigenvalue weighted by Crippen LogP contribution is 2.23. The highest BCUT2D eigenvalue weighted by molar-refractivity contribution is 5.86. The van der Waals surface area contributed by atoms with Gasteiger partial charge >= 0.3 is 11.9 Å². The third kappa shape index (κ3) is 5.54. The van der Waals surface area contributed by atoms with E-state index >= 15 is 0 Å². The first-order valence-electron chi connectivity index (χ1n) is 9.82.